The summed E-state index contributed by atoms with van der Waals surface area (Å²) >= 11 is 0. The van der Waals surface area contributed by atoms with E-state index in [0.29, 0.717) is 36.5 Å². The topological polar surface area (TPSA) is 108 Å². The standard InChI is InChI=1S/C19H30N2O8/c1-6-9-28-21(23)19(22)20-18(27-5)14-8-7-13(29-14)12-10-15(24-2)17(26-4)16(11-12)25-3/h10-11,13-14,18,23H,6-9H2,1-5H3,(H,20,22). The molecule has 1 aliphatic heterocycles. The second-order valence-electron chi connectivity index (χ2n) is 6.41. The number of nitrogens with zero attached hydrogens (tertiary/aromatic N) is 1. The molecule has 10 nitrogen and oxygen atoms in total. The lowest BCUT2D eigenvalue weighted by Crippen LogP contribution is -2.49. The molecule has 29 heavy (non-hydrogen) atoms. The molecular formula is C19H30N2O8. The summed E-state index contributed by atoms with van der Waals surface area (Å²) in [6, 6.07) is 2.84. The number of ether oxygens (including phenoxy) is 5. The van der Waals surface area contributed by atoms with Crippen LogP contribution in [0.4, 0.5) is 4.79 Å². The van der Waals surface area contributed by atoms with E-state index in [1.165, 1.54) is 7.11 Å². The monoisotopic (exact) mass is 414 g/mol. The Morgan fingerprint density at radius 3 is 2.38 bits per heavy atom. The lowest BCUT2D eigenvalue weighted by atomic mass is 10.0. The molecule has 0 bridgehead atoms. The first kappa shape index (κ1) is 23.0. The van der Waals surface area contributed by atoms with Gasteiger partial charge in [-0.2, -0.15) is 0 Å². The number of nitrogens with one attached hydrogen (secondary N) is 1. The van der Waals surface area contributed by atoms with E-state index in [-0.39, 0.29) is 17.9 Å². The summed E-state index contributed by atoms with van der Waals surface area (Å²) in [7, 11) is 6.10. The fourth-order valence-corrected chi connectivity index (χ4v) is 3.13. The zero-order valence-electron chi connectivity index (χ0n) is 17.5. The number of hydrogen-bond acceptors (Lipinski definition) is 8. The van der Waals surface area contributed by atoms with Crippen LogP contribution in [0.1, 0.15) is 37.9 Å². The smallest absolute Gasteiger partial charge is 0.368 e. The highest BCUT2D eigenvalue weighted by atomic mass is 16.9. The molecule has 0 saturated carbocycles. The van der Waals surface area contributed by atoms with Gasteiger partial charge in [-0.15, -0.1) is 0 Å². The minimum Gasteiger partial charge on any atom is -0.493 e. The molecule has 1 aromatic rings. The molecule has 1 aliphatic rings. The summed E-state index contributed by atoms with van der Waals surface area (Å²) in [5.74, 6) is 1.58. The molecule has 3 unspecified atom stereocenters. The van der Waals surface area contributed by atoms with E-state index in [4.69, 9.17) is 28.5 Å². The van der Waals surface area contributed by atoms with Gasteiger partial charge in [0.2, 0.25) is 5.75 Å². The quantitative estimate of drug-likeness (QED) is 0.342. The van der Waals surface area contributed by atoms with Crippen molar-refractivity contribution in [3.63, 3.8) is 0 Å². The number of hydrogen-bond donors (Lipinski definition) is 2. The molecule has 2 amide bonds. The summed E-state index contributed by atoms with van der Waals surface area (Å²) in [5.41, 5.74) is 0.859. The molecule has 1 aromatic carbocycles. The van der Waals surface area contributed by atoms with Crippen molar-refractivity contribution in [3.8, 4) is 17.2 Å². The van der Waals surface area contributed by atoms with Gasteiger partial charge in [0.15, 0.2) is 17.7 Å². The van der Waals surface area contributed by atoms with Gasteiger partial charge in [0.05, 0.1) is 34.0 Å². The highest BCUT2D eigenvalue weighted by molar-refractivity contribution is 5.72. The molecule has 2 rings (SSSR count). The Kier molecular flexibility index (Phi) is 8.77. The summed E-state index contributed by atoms with van der Waals surface area (Å²) in [6.07, 6.45) is 0.586. The summed E-state index contributed by atoms with van der Waals surface area (Å²) in [4.78, 5) is 16.9. The second-order valence-corrected chi connectivity index (χ2v) is 6.41. The fraction of sp³-hybridized carbons (Fsp3) is 0.632. The summed E-state index contributed by atoms with van der Waals surface area (Å²) in [5, 5.41) is 12.3. The molecular weight excluding hydrogens is 384 g/mol. The molecule has 0 spiro atoms. The van der Waals surface area contributed by atoms with Crippen LogP contribution < -0.4 is 19.5 Å². The Balaban J connectivity index is 2.07. The van der Waals surface area contributed by atoms with Gasteiger partial charge in [-0.05, 0) is 37.0 Å². The molecule has 10 heteroatoms. The normalized spacial score (nSPS) is 19.5. The van der Waals surface area contributed by atoms with Crippen molar-refractivity contribution in [2.75, 3.05) is 35.0 Å². The minimum absolute atomic E-state index is 0.168. The van der Waals surface area contributed by atoms with Crippen LogP contribution in [0.25, 0.3) is 0 Å². The van der Waals surface area contributed by atoms with Crippen molar-refractivity contribution < 1.29 is 38.5 Å². The first-order valence-electron chi connectivity index (χ1n) is 9.39. The van der Waals surface area contributed by atoms with Crippen LogP contribution >= 0.6 is 0 Å². The van der Waals surface area contributed by atoms with Gasteiger partial charge in [0.1, 0.15) is 6.10 Å². The number of carbonyl (C=O) groups is 1. The average molecular weight is 414 g/mol. The van der Waals surface area contributed by atoms with Crippen LogP contribution in [0.2, 0.25) is 0 Å². The maximum atomic E-state index is 12.0. The van der Waals surface area contributed by atoms with E-state index in [9.17, 15) is 10.0 Å². The van der Waals surface area contributed by atoms with E-state index in [2.05, 4.69) is 5.32 Å². The molecule has 2 N–H and O–H groups in total. The Morgan fingerprint density at radius 2 is 1.86 bits per heavy atom. The largest absolute Gasteiger partial charge is 0.493 e. The number of hydroxylamine groups is 2. The minimum atomic E-state index is -0.829. The van der Waals surface area contributed by atoms with Crippen LogP contribution in [0.15, 0.2) is 12.1 Å². The van der Waals surface area contributed by atoms with Crippen molar-refractivity contribution in [1.82, 2.24) is 10.5 Å². The number of benzene rings is 1. The number of methoxy groups -OCH3 is 4. The van der Waals surface area contributed by atoms with Gasteiger partial charge in [0, 0.05) is 7.11 Å². The molecule has 1 heterocycles. The Bertz CT molecular complexity index is 647. The van der Waals surface area contributed by atoms with E-state index in [0.717, 1.165) is 5.56 Å². The van der Waals surface area contributed by atoms with Crippen LogP contribution in [-0.4, -0.2) is 63.8 Å². The molecule has 1 saturated heterocycles. The molecule has 0 aromatic heterocycles. The Labute approximate surface area is 170 Å². The first-order chi connectivity index (χ1) is 14.0. The number of carbonyl (C=O) groups excluding carboxylic acids is 1. The molecule has 0 aliphatic carbocycles. The van der Waals surface area contributed by atoms with E-state index in [1.807, 2.05) is 19.1 Å². The summed E-state index contributed by atoms with van der Waals surface area (Å²) < 4.78 is 27.6. The maximum Gasteiger partial charge on any atom is 0.368 e. The average Bonchev–Trinajstić information content (AvgIpc) is 3.24. The molecule has 0 radical (unpaired) electrons. The number of rotatable bonds is 10. The van der Waals surface area contributed by atoms with Crippen LogP contribution in [-0.2, 0) is 14.3 Å². The van der Waals surface area contributed by atoms with Gasteiger partial charge in [-0.1, -0.05) is 12.2 Å². The van der Waals surface area contributed by atoms with Gasteiger partial charge < -0.3 is 29.0 Å². The molecule has 1 fully saturated rings. The first-order valence-corrected chi connectivity index (χ1v) is 9.39. The van der Waals surface area contributed by atoms with Crippen LogP contribution in [0.3, 0.4) is 0 Å². The van der Waals surface area contributed by atoms with Gasteiger partial charge in [0.25, 0.3) is 0 Å². The molecule has 164 valence electrons. The van der Waals surface area contributed by atoms with Gasteiger partial charge in [-0.25, -0.2) is 9.63 Å². The zero-order chi connectivity index (χ0) is 21.4. The summed E-state index contributed by atoms with van der Waals surface area (Å²) in [6.45, 7) is 2.07. The van der Waals surface area contributed by atoms with Gasteiger partial charge >= 0.3 is 6.03 Å². The second kappa shape index (κ2) is 11.1. The third-order valence-corrected chi connectivity index (χ3v) is 4.56. The number of amides is 2. The van der Waals surface area contributed by atoms with Crippen molar-refractivity contribution >= 4 is 6.03 Å². The molecule has 3 atom stereocenters. The Hall–Kier alpha value is -2.27. The third kappa shape index (κ3) is 5.63. The van der Waals surface area contributed by atoms with E-state index < -0.39 is 18.4 Å². The predicted octanol–water partition coefficient (Wildman–Crippen LogP) is 2.65. The van der Waals surface area contributed by atoms with E-state index >= 15 is 0 Å². The Morgan fingerprint density at radius 1 is 1.21 bits per heavy atom. The SMILES string of the molecule is CCCON(O)C(=O)NC(OC)C1CCC(c2cc(OC)c(OC)c(OC)c2)O1. The predicted molar refractivity (Wildman–Crippen MR) is 102 cm³/mol. The maximum absolute atomic E-state index is 12.0. The van der Waals surface area contributed by atoms with Crippen molar-refractivity contribution in [2.45, 2.75) is 44.6 Å². The fourth-order valence-electron chi connectivity index (χ4n) is 3.13. The van der Waals surface area contributed by atoms with E-state index in [1.54, 1.807) is 21.3 Å². The van der Waals surface area contributed by atoms with Crippen LogP contribution in [0, 0.1) is 0 Å². The lowest BCUT2D eigenvalue weighted by Gasteiger charge is -2.25. The third-order valence-electron chi connectivity index (χ3n) is 4.56. The highest BCUT2D eigenvalue weighted by Crippen LogP contribution is 2.43. The highest BCUT2D eigenvalue weighted by Gasteiger charge is 2.35. The lowest BCUT2D eigenvalue weighted by molar-refractivity contribution is -0.297. The van der Waals surface area contributed by atoms with Crippen molar-refractivity contribution in [2.24, 2.45) is 0 Å². The van der Waals surface area contributed by atoms with Crippen molar-refractivity contribution in [3.05, 3.63) is 17.7 Å². The van der Waals surface area contributed by atoms with Crippen LogP contribution in [0.5, 0.6) is 17.2 Å². The van der Waals surface area contributed by atoms with Gasteiger partial charge in [-0.3, -0.25) is 5.21 Å². The zero-order valence-corrected chi connectivity index (χ0v) is 17.5. The van der Waals surface area contributed by atoms with Crippen molar-refractivity contribution in [1.29, 1.82) is 0 Å². The number of urea groups is 1.